The van der Waals surface area contributed by atoms with Crippen molar-refractivity contribution in [2.45, 2.75) is 26.9 Å². The lowest BCUT2D eigenvalue weighted by atomic mass is 10.2. The van der Waals surface area contributed by atoms with Crippen molar-refractivity contribution in [1.29, 1.82) is 0 Å². The zero-order valence-corrected chi connectivity index (χ0v) is 20.5. The molecule has 0 atom stereocenters. The van der Waals surface area contributed by atoms with E-state index < -0.39 is 0 Å². The number of hydrogen-bond acceptors (Lipinski definition) is 4. The number of halogens is 1. The number of thiophene rings is 1. The summed E-state index contributed by atoms with van der Waals surface area (Å²) in [5, 5.41) is 2.85. The molecule has 0 radical (unpaired) electrons. The summed E-state index contributed by atoms with van der Waals surface area (Å²) < 4.78 is 18.5. The first-order valence-electron chi connectivity index (χ1n) is 11.0. The predicted molar refractivity (Wildman–Crippen MR) is 133 cm³/mol. The van der Waals surface area contributed by atoms with Gasteiger partial charge in [-0.1, -0.05) is 29.8 Å². The number of carbonyl (C=O) groups is 2. The maximum absolute atomic E-state index is 13.4. The number of methoxy groups -OCH3 is 1. The topological polar surface area (TPSA) is 61.9 Å². The van der Waals surface area contributed by atoms with Gasteiger partial charge in [-0.2, -0.15) is 0 Å². The van der Waals surface area contributed by atoms with Gasteiger partial charge in [0, 0.05) is 35.6 Å². The zero-order valence-electron chi connectivity index (χ0n) is 19.7. The zero-order chi connectivity index (χ0) is 24.5. The van der Waals surface area contributed by atoms with Gasteiger partial charge in [0.05, 0.1) is 13.2 Å². The van der Waals surface area contributed by atoms with Gasteiger partial charge < -0.3 is 19.9 Å². The Hall–Kier alpha value is -3.23. The Kier molecular flexibility index (Phi) is 9.18. The quantitative estimate of drug-likeness (QED) is 0.430. The fourth-order valence-corrected chi connectivity index (χ4v) is 4.26. The molecular weight excluding hydrogens is 453 g/mol. The van der Waals surface area contributed by atoms with Gasteiger partial charge in [0.1, 0.15) is 12.4 Å². The molecule has 8 heteroatoms. The van der Waals surface area contributed by atoms with E-state index in [-0.39, 0.29) is 30.8 Å². The molecule has 2 aromatic carbocycles. The molecule has 0 aliphatic rings. The summed E-state index contributed by atoms with van der Waals surface area (Å²) in [4.78, 5) is 31.7. The van der Waals surface area contributed by atoms with Crippen LogP contribution in [-0.2, 0) is 22.6 Å². The maximum Gasteiger partial charge on any atom is 0.322 e. The Bertz CT molecular complexity index is 1080. The third kappa shape index (κ3) is 7.67. The van der Waals surface area contributed by atoms with Gasteiger partial charge in [-0.15, -0.1) is 11.3 Å². The van der Waals surface area contributed by atoms with Gasteiger partial charge >= 0.3 is 6.03 Å². The van der Waals surface area contributed by atoms with Crippen LogP contribution >= 0.6 is 11.3 Å². The number of aryl methyl sites for hydroxylation is 2. The Morgan fingerprint density at radius 3 is 2.26 bits per heavy atom. The van der Waals surface area contributed by atoms with Crippen molar-refractivity contribution < 1.29 is 18.7 Å². The highest BCUT2D eigenvalue weighted by Gasteiger charge is 2.22. The van der Waals surface area contributed by atoms with Crippen molar-refractivity contribution in [2.24, 2.45) is 0 Å². The van der Waals surface area contributed by atoms with Crippen LogP contribution in [-0.4, -0.2) is 48.5 Å². The number of amides is 3. The van der Waals surface area contributed by atoms with Crippen molar-refractivity contribution >= 4 is 29.0 Å². The number of ether oxygens (including phenoxy) is 1. The lowest BCUT2D eigenvalue weighted by Gasteiger charge is -2.27. The number of nitrogens with zero attached hydrogens (tertiary/aromatic N) is 2. The second kappa shape index (κ2) is 12.3. The van der Waals surface area contributed by atoms with Gasteiger partial charge in [0.25, 0.3) is 0 Å². The predicted octanol–water partition coefficient (Wildman–Crippen LogP) is 5.21. The van der Waals surface area contributed by atoms with Crippen LogP contribution in [0.25, 0.3) is 0 Å². The molecule has 0 unspecified atom stereocenters. The second-order valence-corrected chi connectivity index (χ2v) is 9.47. The van der Waals surface area contributed by atoms with E-state index >= 15 is 0 Å². The minimum atomic E-state index is -0.372. The molecule has 0 aliphatic carbocycles. The second-order valence-electron chi connectivity index (χ2n) is 8.10. The normalized spacial score (nSPS) is 10.7. The molecule has 0 spiro atoms. The Balaban J connectivity index is 1.75. The Morgan fingerprint density at radius 2 is 1.65 bits per heavy atom. The summed E-state index contributed by atoms with van der Waals surface area (Å²) in [5.41, 5.74) is 2.56. The number of urea groups is 1. The summed E-state index contributed by atoms with van der Waals surface area (Å²) in [5.74, 6) is -0.528. The number of anilines is 1. The molecule has 0 fully saturated rings. The summed E-state index contributed by atoms with van der Waals surface area (Å²) in [6.45, 7) is 5.17. The van der Waals surface area contributed by atoms with Crippen LogP contribution in [0.15, 0.2) is 60.7 Å². The number of carbonyl (C=O) groups excluding carboxylic acids is 2. The molecule has 180 valence electrons. The molecule has 0 aliphatic heterocycles. The summed E-state index contributed by atoms with van der Waals surface area (Å²) in [6, 6.07) is 17.2. The van der Waals surface area contributed by atoms with Crippen molar-refractivity contribution in [3.05, 3.63) is 87.4 Å². The lowest BCUT2D eigenvalue weighted by molar-refractivity contribution is -0.133. The van der Waals surface area contributed by atoms with Gasteiger partial charge in [0.2, 0.25) is 5.91 Å². The maximum atomic E-state index is 13.4. The summed E-state index contributed by atoms with van der Waals surface area (Å²) >= 11 is 1.62. The smallest absolute Gasteiger partial charge is 0.322 e. The highest BCUT2D eigenvalue weighted by molar-refractivity contribution is 7.11. The van der Waals surface area contributed by atoms with Crippen LogP contribution in [0.5, 0.6) is 0 Å². The lowest BCUT2D eigenvalue weighted by Crippen LogP contribution is -2.45. The molecule has 3 aromatic rings. The number of nitrogens with one attached hydrogen (secondary N) is 1. The van der Waals surface area contributed by atoms with Crippen LogP contribution in [0.3, 0.4) is 0 Å². The van der Waals surface area contributed by atoms with E-state index in [2.05, 4.69) is 5.32 Å². The van der Waals surface area contributed by atoms with E-state index in [9.17, 15) is 14.0 Å². The van der Waals surface area contributed by atoms with E-state index in [1.54, 1.807) is 35.5 Å². The van der Waals surface area contributed by atoms with Crippen LogP contribution < -0.4 is 5.32 Å². The molecule has 1 aromatic heterocycles. The average Bonchev–Trinajstić information content (AvgIpc) is 3.23. The van der Waals surface area contributed by atoms with Gasteiger partial charge in [-0.05, 0) is 55.8 Å². The number of benzene rings is 2. The van der Waals surface area contributed by atoms with Crippen molar-refractivity contribution in [2.75, 3.05) is 32.1 Å². The monoisotopic (exact) mass is 483 g/mol. The van der Waals surface area contributed by atoms with Gasteiger partial charge in [-0.3, -0.25) is 4.79 Å². The fourth-order valence-electron chi connectivity index (χ4n) is 3.36. The van der Waals surface area contributed by atoms with E-state index in [4.69, 9.17) is 4.74 Å². The molecule has 0 saturated heterocycles. The van der Waals surface area contributed by atoms with E-state index in [0.717, 1.165) is 20.9 Å². The molecule has 6 nitrogen and oxygen atoms in total. The third-order valence-corrected chi connectivity index (χ3v) is 6.25. The summed E-state index contributed by atoms with van der Waals surface area (Å²) in [7, 11) is 1.55. The first-order valence-corrected chi connectivity index (χ1v) is 11.8. The Labute approximate surface area is 204 Å². The van der Waals surface area contributed by atoms with Crippen molar-refractivity contribution in [3.63, 3.8) is 0 Å². The Morgan fingerprint density at radius 1 is 0.941 bits per heavy atom. The van der Waals surface area contributed by atoms with Gasteiger partial charge in [0.15, 0.2) is 0 Å². The molecule has 1 heterocycles. The molecule has 1 N–H and O–H groups in total. The molecule has 0 saturated carbocycles. The first kappa shape index (κ1) is 25.4. The first-order chi connectivity index (χ1) is 16.3. The molecular formula is C26H30FN3O3S. The fraction of sp³-hybridized carbons (Fsp3) is 0.308. The number of hydrogen-bond donors (Lipinski definition) is 1. The van der Waals surface area contributed by atoms with Crippen LogP contribution in [0.1, 0.15) is 20.9 Å². The van der Waals surface area contributed by atoms with Crippen LogP contribution in [0.4, 0.5) is 14.9 Å². The van der Waals surface area contributed by atoms with E-state index in [0.29, 0.717) is 25.4 Å². The molecule has 34 heavy (non-hydrogen) atoms. The third-order valence-electron chi connectivity index (χ3n) is 5.26. The van der Waals surface area contributed by atoms with Gasteiger partial charge in [-0.25, -0.2) is 9.18 Å². The van der Waals surface area contributed by atoms with Crippen LogP contribution in [0.2, 0.25) is 0 Å². The standard InChI is InChI=1S/C26H30FN3O3S/c1-19-4-11-23(12-5-19)28-26(32)29(14-15-33-3)18-25(31)30(17-24-13-6-20(2)34-24)16-21-7-9-22(27)10-8-21/h4-13H,14-18H2,1-3H3,(H,28,32). The molecule has 3 rings (SSSR count). The SMILES string of the molecule is COCCN(CC(=O)N(Cc1ccc(F)cc1)Cc1ccc(C)s1)C(=O)Nc1ccc(C)cc1. The molecule has 0 bridgehead atoms. The highest BCUT2D eigenvalue weighted by Crippen LogP contribution is 2.19. The van der Waals surface area contributed by atoms with Crippen molar-refractivity contribution in [3.8, 4) is 0 Å². The largest absolute Gasteiger partial charge is 0.383 e. The highest BCUT2D eigenvalue weighted by atomic mass is 32.1. The minimum absolute atomic E-state index is 0.105. The van der Waals surface area contributed by atoms with E-state index in [1.165, 1.54) is 17.0 Å². The summed E-state index contributed by atoms with van der Waals surface area (Å²) in [6.07, 6.45) is 0. The average molecular weight is 484 g/mol. The van der Waals surface area contributed by atoms with Crippen molar-refractivity contribution in [1.82, 2.24) is 9.80 Å². The minimum Gasteiger partial charge on any atom is -0.383 e. The number of rotatable bonds is 10. The van der Waals surface area contributed by atoms with E-state index in [1.807, 2.05) is 50.2 Å². The van der Waals surface area contributed by atoms with Crippen LogP contribution in [0, 0.1) is 19.7 Å². The molecule has 3 amide bonds.